The average molecular weight is 237 g/mol. The molecule has 0 aliphatic rings. The maximum Gasteiger partial charge on any atom is 0.325 e. The Bertz CT molecular complexity index is 413. The summed E-state index contributed by atoms with van der Waals surface area (Å²) in [5, 5.41) is 20.3. The van der Waals surface area contributed by atoms with E-state index in [0.29, 0.717) is 11.3 Å². The normalized spacial score (nSPS) is 13.8. The number of benzene rings is 1. The number of aliphatic carboxylic acids is 2. The van der Waals surface area contributed by atoms with E-state index in [0.717, 1.165) is 0 Å². The fourth-order valence-electron chi connectivity index (χ4n) is 1.32. The summed E-state index contributed by atoms with van der Waals surface area (Å²) in [5.41, 5.74) is 1.34. The van der Waals surface area contributed by atoms with Gasteiger partial charge in [-0.2, -0.15) is 0 Å². The second-order valence-electron chi connectivity index (χ2n) is 3.89. The van der Waals surface area contributed by atoms with Crippen molar-refractivity contribution < 1.29 is 19.8 Å². The first kappa shape index (κ1) is 13.0. The number of carboxylic acid groups (broad SMARTS) is 2. The Morgan fingerprint density at radius 3 is 2.00 bits per heavy atom. The van der Waals surface area contributed by atoms with Gasteiger partial charge in [0.1, 0.15) is 6.04 Å². The minimum atomic E-state index is -0.937. The monoisotopic (exact) mass is 237 g/mol. The van der Waals surface area contributed by atoms with Crippen LogP contribution in [0.5, 0.6) is 0 Å². The van der Waals surface area contributed by atoms with E-state index in [2.05, 4.69) is 5.32 Å². The first-order valence-electron chi connectivity index (χ1n) is 5.24. The van der Waals surface area contributed by atoms with Gasteiger partial charge in [0.15, 0.2) is 0 Å². The first-order chi connectivity index (χ1) is 7.91. The molecule has 0 bridgehead atoms. The van der Waals surface area contributed by atoms with Crippen molar-refractivity contribution in [2.45, 2.75) is 25.8 Å². The van der Waals surface area contributed by atoms with Crippen molar-refractivity contribution in [3.8, 4) is 0 Å². The summed E-state index contributed by atoms with van der Waals surface area (Å²) in [6.45, 7) is 3.14. The molecule has 0 fully saturated rings. The van der Waals surface area contributed by atoms with Gasteiger partial charge in [-0.15, -0.1) is 0 Å². The van der Waals surface area contributed by atoms with E-state index in [1.54, 1.807) is 31.2 Å². The van der Waals surface area contributed by atoms with Crippen LogP contribution in [0.1, 0.15) is 25.3 Å². The van der Waals surface area contributed by atoms with E-state index in [1.165, 1.54) is 6.92 Å². The predicted molar refractivity (Wildman–Crippen MR) is 63.2 cm³/mol. The Morgan fingerprint density at radius 2 is 1.59 bits per heavy atom. The van der Waals surface area contributed by atoms with Gasteiger partial charge in [-0.1, -0.05) is 12.1 Å². The fourth-order valence-corrected chi connectivity index (χ4v) is 1.32. The van der Waals surface area contributed by atoms with Crippen LogP contribution in [0.3, 0.4) is 0 Å². The summed E-state index contributed by atoms with van der Waals surface area (Å²) in [4.78, 5) is 21.4. The fraction of sp³-hybridized carbons (Fsp3) is 0.333. The molecule has 5 nitrogen and oxygen atoms in total. The average Bonchev–Trinajstić information content (AvgIpc) is 2.28. The van der Waals surface area contributed by atoms with E-state index in [1.807, 2.05) is 0 Å². The third-order valence-corrected chi connectivity index (χ3v) is 2.53. The quantitative estimate of drug-likeness (QED) is 0.726. The second-order valence-corrected chi connectivity index (χ2v) is 3.89. The molecule has 0 saturated heterocycles. The first-order valence-corrected chi connectivity index (χ1v) is 5.24. The van der Waals surface area contributed by atoms with Gasteiger partial charge >= 0.3 is 11.9 Å². The van der Waals surface area contributed by atoms with Crippen LogP contribution in [0.25, 0.3) is 0 Å². The van der Waals surface area contributed by atoms with Crippen molar-refractivity contribution >= 4 is 17.6 Å². The van der Waals surface area contributed by atoms with Gasteiger partial charge in [0.25, 0.3) is 0 Å². The van der Waals surface area contributed by atoms with Crippen LogP contribution in [-0.4, -0.2) is 28.2 Å². The van der Waals surface area contributed by atoms with Crippen LogP contribution in [0.15, 0.2) is 24.3 Å². The Kier molecular flexibility index (Phi) is 4.09. The molecule has 0 saturated carbocycles. The molecule has 3 N–H and O–H groups in total. The van der Waals surface area contributed by atoms with E-state index < -0.39 is 23.9 Å². The van der Waals surface area contributed by atoms with Crippen LogP contribution in [0.2, 0.25) is 0 Å². The van der Waals surface area contributed by atoms with E-state index in [4.69, 9.17) is 10.2 Å². The van der Waals surface area contributed by atoms with Crippen molar-refractivity contribution in [2.24, 2.45) is 0 Å². The topological polar surface area (TPSA) is 86.6 Å². The van der Waals surface area contributed by atoms with Crippen molar-refractivity contribution in [1.29, 1.82) is 0 Å². The largest absolute Gasteiger partial charge is 0.481 e. The molecule has 0 aliphatic heterocycles. The molecule has 17 heavy (non-hydrogen) atoms. The summed E-state index contributed by atoms with van der Waals surface area (Å²) in [6, 6.07) is 6.02. The molecule has 5 heteroatoms. The zero-order valence-corrected chi connectivity index (χ0v) is 9.68. The summed E-state index contributed by atoms with van der Waals surface area (Å²) in [7, 11) is 0. The van der Waals surface area contributed by atoms with Crippen molar-refractivity contribution in [1.82, 2.24) is 0 Å². The lowest BCUT2D eigenvalue weighted by atomic mass is 10.0. The number of carboxylic acids is 2. The van der Waals surface area contributed by atoms with Crippen molar-refractivity contribution in [3.63, 3.8) is 0 Å². The summed E-state index contributed by atoms with van der Waals surface area (Å²) < 4.78 is 0. The van der Waals surface area contributed by atoms with E-state index in [-0.39, 0.29) is 0 Å². The molecule has 2 atom stereocenters. The number of hydrogen-bond acceptors (Lipinski definition) is 3. The van der Waals surface area contributed by atoms with Crippen LogP contribution in [0.4, 0.5) is 5.69 Å². The summed E-state index contributed by atoms with van der Waals surface area (Å²) in [5.74, 6) is -2.39. The molecule has 92 valence electrons. The van der Waals surface area contributed by atoms with Crippen LogP contribution < -0.4 is 5.32 Å². The van der Waals surface area contributed by atoms with E-state index >= 15 is 0 Å². The molecule has 1 aromatic rings. The summed E-state index contributed by atoms with van der Waals surface area (Å²) >= 11 is 0. The standard InChI is InChI=1S/C12H15NO4/c1-7(11(14)15)9-3-5-10(6-4-9)13-8(2)12(16)17/h3-8,13H,1-2H3,(H,14,15)(H,16,17). The Labute approximate surface area is 99.1 Å². The Balaban J connectivity index is 2.75. The lowest BCUT2D eigenvalue weighted by Gasteiger charge is -2.12. The molecule has 0 aliphatic carbocycles. The Hall–Kier alpha value is -2.04. The molecule has 1 rings (SSSR count). The molecule has 2 unspecified atom stereocenters. The lowest BCUT2D eigenvalue weighted by Crippen LogP contribution is -2.25. The zero-order valence-electron chi connectivity index (χ0n) is 9.68. The second kappa shape index (κ2) is 5.34. The maximum absolute atomic E-state index is 10.8. The number of rotatable bonds is 5. The number of hydrogen-bond donors (Lipinski definition) is 3. The third-order valence-electron chi connectivity index (χ3n) is 2.53. The van der Waals surface area contributed by atoms with Crippen LogP contribution in [-0.2, 0) is 9.59 Å². The highest BCUT2D eigenvalue weighted by atomic mass is 16.4. The Morgan fingerprint density at radius 1 is 1.06 bits per heavy atom. The van der Waals surface area contributed by atoms with Gasteiger partial charge in [0, 0.05) is 5.69 Å². The van der Waals surface area contributed by atoms with Crippen molar-refractivity contribution in [2.75, 3.05) is 5.32 Å². The van der Waals surface area contributed by atoms with Gasteiger partial charge in [-0.25, -0.2) is 0 Å². The van der Waals surface area contributed by atoms with Crippen LogP contribution >= 0.6 is 0 Å². The van der Waals surface area contributed by atoms with Gasteiger partial charge < -0.3 is 15.5 Å². The van der Waals surface area contributed by atoms with Gasteiger partial charge in [-0.05, 0) is 31.5 Å². The number of nitrogens with one attached hydrogen (secondary N) is 1. The lowest BCUT2D eigenvalue weighted by molar-refractivity contribution is -0.138. The SMILES string of the molecule is CC(Nc1ccc(C(C)C(=O)O)cc1)C(=O)O. The maximum atomic E-state index is 10.8. The molecule has 0 heterocycles. The van der Waals surface area contributed by atoms with Crippen molar-refractivity contribution in [3.05, 3.63) is 29.8 Å². The summed E-state index contributed by atoms with van der Waals surface area (Å²) in [6.07, 6.45) is 0. The molecular weight excluding hydrogens is 222 g/mol. The highest BCUT2D eigenvalue weighted by Crippen LogP contribution is 2.18. The smallest absolute Gasteiger partial charge is 0.325 e. The zero-order chi connectivity index (χ0) is 13.0. The number of carbonyl (C=O) groups is 2. The third kappa shape index (κ3) is 3.48. The highest BCUT2D eigenvalue weighted by Gasteiger charge is 2.14. The molecular formula is C12H15NO4. The highest BCUT2D eigenvalue weighted by molar-refractivity contribution is 5.77. The van der Waals surface area contributed by atoms with Gasteiger partial charge in [0.05, 0.1) is 5.92 Å². The minimum Gasteiger partial charge on any atom is -0.481 e. The van der Waals surface area contributed by atoms with Gasteiger partial charge in [0.2, 0.25) is 0 Å². The molecule has 1 aromatic carbocycles. The van der Waals surface area contributed by atoms with E-state index in [9.17, 15) is 9.59 Å². The van der Waals surface area contributed by atoms with Gasteiger partial charge in [-0.3, -0.25) is 9.59 Å². The predicted octanol–water partition coefficient (Wildman–Crippen LogP) is 1.76. The molecule has 0 spiro atoms. The molecule has 0 amide bonds. The van der Waals surface area contributed by atoms with Crippen LogP contribution in [0, 0.1) is 0 Å². The minimum absolute atomic E-state index is 0.569. The number of anilines is 1. The molecule has 0 aromatic heterocycles. The molecule has 0 radical (unpaired) electrons.